The van der Waals surface area contributed by atoms with E-state index in [1.165, 1.54) is 17.3 Å². The Bertz CT molecular complexity index is 1540. The molecule has 2 fully saturated rings. The largest absolute Gasteiger partial charge is 0.371 e. The molecular formula is C27H27F2N9O2. The smallest absolute Gasteiger partial charge is 0.341 e. The third-order valence-electron chi connectivity index (χ3n) is 7.50. The van der Waals surface area contributed by atoms with Gasteiger partial charge in [0.05, 0.1) is 36.6 Å². The van der Waals surface area contributed by atoms with E-state index in [-0.39, 0.29) is 29.0 Å². The van der Waals surface area contributed by atoms with E-state index < -0.39 is 17.7 Å². The number of hydrazone groups is 1. The van der Waals surface area contributed by atoms with Crippen molar-refractivity contribution in [1.82, 2.24) is 29.7 Å². The SMILES string of the molecule is Cc1nn(C[C@@H]2CO2)c(C)c1-c1nc(N2CCN(C(=O)N3N=CC[C@H]3c3cccc(C#N)c3F)CC2)ncc1F. The van der Waals surface area contributed by atoms with Gasteiger partial charge in [-0.25, -0.2) is 28.6 Å². The number of epoxide rings is 1. The fourth-order valence-corrected chi connectivity index (χ4v) is 5.26. The molecule has 5 heterocycles. The van der Waals surface area contributed by atoms with E-state index in [1.54, 1.807) is 23.2 Å². The first-order valence-electron chi connectivity index (χ1n) is 13.1. The van der Waals surface area contributed by atoms with Gasteiger partial charge in [0.1, 0.15) is 23.7 Å². The summed E-state index contributed by atoms with van der Waals surface area (Å²) in [5, 5.41) is 19.2. The quantitative estimate of drug-likeness (QED) is 0.450. The summed E-state index contributed by atoms with van der Waals surface area (Å²) in [6.07, 6.45) is 3.24. The van der Waals surface area contributed by atoms with Gasteiger partial charge >= 0.3 is 6.03 Å². The average molecular weight is 548 g/mol. The highest BCUT2D eigenvalue weighted by Crippen LogP contribution is 2.33. The Balaban J connectivity index is 1.16. The fourth-order valence-electron chi connectivity index (χ4n) is 5.26. The van der Waals surface area contributed by atoms with E-state index in [2.05, 4.69) is 20.2 Å². The zero-order chi connectivity index (χ0) is 28.0. The van der Waals surface area contributed by atoms with Gasteiger partial charge in [-0.3, -0.25) is 4.68 Å². The van der Waals surface area contributed by atoms with Gasteiger partial charge in [0, 0.05) is 55.6 Å². The molecule has 206 valence electrons. The number of amides is 2. The number of ether oxygens (including phenoxy) is 1. The first-order chi connectivity index (χ1) is 19.4. The molecule has 13 heteroatoms. The number of piperazine rings is 1. The molecule has 1 aromatic carbocycles. The van der Waals surface area contributed by atoms with Crippen LogP contribution in [0.25, 0.3) is 11.3 Å². The van der Waals surface area contributed by atoms with Crippen LogP contribution >= 0.6 is 0 Å². The predicted octanol–water partition coefficient (Wildman–Crippen LogP) is 3.18. The highest BCUT2D eigenvalue weighted by Gasteiger charge is 2.35. The summed E-state index contributed by atoms with van der Waals surface area (Å²) in [6, 6.07) is 5.45. The molecule has 2 aromatic heterocycles. The van der Waals surface area contributed by atoms with E-state index in [4.69, 9.17) is 4.74 Å². The molecule has 3 aliphatic heterocycles. The monoisotopic (exact) mass is 547 g/mol. The van der Waals surface area contributed by atoms with E-state index in [1.807, 2.05) is 29.5 Å². The molecule has 0 N–H and O–H groups in total. The minimum Gasteiger partial charge on any atom is -0.371 e. The number of anilines is 1. The average Bonchev–Trinajstić information content (AvgIpc) is 3.57. The number of aromatic nitrogens is 4. The van der Waals surface area contributed by atoms with Crippen LogP contribution in [0.3, 0.4) is 0 Å². The van der Waals surface area contributed by atoms with Crippen molar-refractivity contribution in [2.45, 2.75) is 39.0 Å². The van der Waals surface area contributed by atoms with Crippen molar-refractivity contribution < 1.29 is 18.3 Å². The van der Waals surface area contributed by atoms with Crippen LogP contribution in [-0.4, -0.2) is 80.8 Å². The van der Waals surface area contributed by atoms with Crippen LogP contribution in [0.2, 0.25) is 0 Å². The zero-order valence-corrected chi connectivity index (χ0v) is 22.1. The van der Waals surface area contributed by atoms with Crippen LogP contribution in [0.15, 0.2) is 29.5 Å². The molecule has 2 saturated heterocycles. The van der Waals surface area contributed by atoms with Crippen molar-refractivity contribution in [1.29, 1.82) is 5.26 Å². The molecule has 0 saturated carbocycles. The Kier molecular flexibility index (Phi) is 6.63. The second-order valence-corrected chi connectivity index (χ2v) is 10.0. The Hall–Kier alpha value is -4.44. The molecule has 0 aliphatic carbocycles. The highest BCUT2D eigenvalue weighted by atomic mass is 19.1. The van der Waals surface area contributed by atoms with Gasteiger partial charge < -0.3 is 14.5 Å². The van der Waals surface area contributed by atoms with Gasteiger partial charge in [-0.2, -0.15) is 15.5 Å². The van der Waals surface area contributed by atoms with Crippen molar-refractivity contribution in [2.75, 3.05) is 37.7 Å². The summed E-state index contributed by atoms with van der Waals surface area (Å²) in [7, 11) is 0. The number of nitriles is 1. The molecule has 3 aliphatic rings. The fraction of sp³-hybridized carbons (Fsp3) is 0.407. The lowest BCUT2D eigenvalue weighted by Crippen LogP contribution is -2.52. The number of carbonyl (C=O) groups excluding carboxylic acids is 1. The first-order valence-corrected chi connectivity index (χ1v) is 13.1. The molecule has 3 aromatic rings. The zero-order valence-electron chi connectivity index (χ0n) is 22.1. The molecule has 2 atom stereocenters. The summed E-state index contributed by atoms with van der Waals surface area (Å²) in [4.78, 5) is 25.7. The number of rotatable bonds is 5. The third-order valence-corrected chi connectivity index (χ3v) is 7.50. The maximum atomic E-state index is 14.9. The van der Waals surface area contributed by atoms with E-state index in [9.17, 15) is 18.8 Å². The summed E-state index contributed by atoms with van der Waals surface area (Å²) in [6.45, 7) is 6.58. The van der Waals surface area contributed by atoms with Gasteiger partial charge in [-0.05, 0) is 19.9 Å². The van der Waals surface area contributed by atoms with Crippen molar-refractivity contribution in [3.63, 3.8) is 0 Å². The Morgan fingerprint density at radius 2 is 1.98 bits per heavy atom. The topological polar surface area (TPSA) is 119 Å². The molecule has 2 amide bonds. The maximum Gasteiger partial charge on any atom is 0.341 e. The summed E-state index contributed by atoms with van der Waals surface area (Å²) in [5.74, 6) is -0.797. The molecule has 0 spiro atoms. The normalized spacial score (nSPS) is 20.2. The number of carbonyl (C=O) groups is 1. The molecule has 0 unspecified atom stereocenters. The number of benzene rings is 1. The lowest BCUT2D eigenvalue weighted by atomic mass is 10.0. The highest BCUT2D eigenvalue weighted by molar-refractivity contribution is 5.79. The number of hydrogen-bond donors (Lipinski definition) is 0. The van der Waals surface area contributed by atoms with Crippen molar-refractivity contribution in [3.05, 3.63) is 58.5 Å². The van der Waals surface area contributed by atoms with Crippen LogP contribution in [-0.2, 0) is 11.3 Å². The third kappa shape index (κ3) is 4.64. The Labute approximate surface area is 229 Å². The van der Waals surface area contributed by atoms with Crippen LogP contribution in [0.5, 0.6) is 0 Å². The van der Waals surface area contributed by atoms with E-state index >= 15 is 0 Å². The lowest BCUT2D eigenvalue weighted by molar-refractivity contribution is 0.138. The first kappa shape index (κ1) is 25.8. The second-order valence-electron chi connectivity index (χ2n) is 10.0. The lowest BCUT2D eigenvalue weighted by Gasteiger charge is -2.37. The summed E-state index contributed by atoms with van der Waals surface area (Å²) < 4.78 is 36.9. The molecule has 11 nitrogen and oxygen atoms in total. The Morgan fingerprint density at radius 3 is 2.70 bits per heavy atom. The van der Waals surface area contributed by atoms with Crippen LogP contribution in [0, 0.1) is 36.8 Å². The standard InChI is InChI=1S/C27H27F2N9O2/c1-16-23(17(2)37(34-16)14-19-15-40-19)25-21(28)13-31-26(33-25)35-8-10-36(11-9-35)27(39)38-22(6-7-32-38)20-5-3-4-18(12-30)24(20)29/h3-5,7,13,19,22H,6,8-11,14-15H2,1-2H3/t19-,22+/m1/s1. The minimum atomic E-state index is -0.635. The number of aryl methyl sites for hydroxylation is 1. The predicted molar refractivity (Wildman–Crippen MR) is 140 cm³/mol. The van der Waals surface area contributed by atoms with Crippen molar-refractivity contribution in [3.8, 4) is 17.3 Å². The van der Waals surface area contributed by atoms with E-state index in [0.717, 1.165) is 5.69 Å². The van der Waals surface area contributed by atoms with Crippen LogP contribution in [0.4, 0.5) is 19.5 Å². The van der Waals surface area contributed by atoms with Gasteiger partial charge in [-0.15, -0.1) is 0 Å². The molecule has 40 heavy (non-hydrogen) atoms. The summed E-state index contributed by atoms with van der Waals surface area (Å²) >= 11 is 0. The number of nitrogens with zero attached hydrogens (tertiary/aromatic N) is 9. The van der Waals surface area contributed by atoms with Crippen molar-refractivity contribution in [2.24, 2.45) is 5.10 Å². The molecule has 0 radical (unpaired) electrons. The second kappa shape index (κ2) is 10.3. The van der Waals surface area contributed by atoms with Gasteiger partial charge in [-0.1, -0.05) is 12.1 Å². The minimum absolute atomic E-state index is 0.0706. The van der Waals surface area contributed by atoms with Gasteiger partial charge in [0.2, 0.25) is 5.95 Å². The molecule has 6 rings (SSSR count). The molecular weight excluding hydrogens is 520 g/mol. The number of halogens is 2. The Morgan fingerprint density at radius 1 is 1.20 bits per heavy atom. The van der Waals surface area contributed by atoms with E-state index in [0.29, 0.717) is 63.0 Å². The molecule has 0 bridgehead atoms. The van der Waals surface area contributed by atoms with Crippen molar-refractivity contribution >= 4 is 18.2 Å². The van der Waals surface area contributed by atoms with Crippen LogP contribution < -0.4 is 4.90 Å². The summed E-state index contributed by atoms with van der Waals surface area (Å²) in [5.41, 5.74) is 2.51. The van der Waals surface area contributed by atoms with Gasteiger partial charge in [0.15, 0.2) is 5.82 Å². The number of urea groups is 1. The van der Waals surface area contributed by atoms with Crippen LogP contribution in [0.1, 0.15) is 35.0 Å². The maximum absolute atomic E-state index is 14.9. The van der Waals surface area contributed by atoms with Gasteiger partial charge in [0.25, 0.3) is 0 Å². The number of hydrogen-bond acceptors (Lipinski definition) is 8.